The highest BCUT2D eigenvalue weighted by Gasteiger charge is 2.04. The Morgan fingerprint density at radius 3 is 2.92 bits per heavy atom. The van der Waals surface area contributed by atoms with Crippen LogP contribution in [-0.2, 0) is 16.1 Å². The molecule has 13 heavy (non-hydrogen) atoms. The molecule has 0 spiro atoms. The average molecular weight is 201 g/mol. The largest absolute Gasteiger partial charge is 0.461 e. The minimum atomic E-state index is -0.350. The van der Waals surface area contributed by atoms with E-state index in [-0.39, 0.29) is 12.6 Å². The Hall–Kier alpha value is -1.16. The number of carbonyl (C=O) groups is 1. The zero-order valence-corrected chi connectivity index (χ0v) is 8.13. The Balaban J connectivity index is 2.72. The van der Waals surface area contributed by atoms with Gasteiger partial charge in [0.25, 0.3) is 0 Å². The summed E-state index contributed by atoms with van der Waals surface area (Å²) in [5.41, 5.74) is 0.613. The predicted octanol–water partition coefficient (Wildman–Crippen LogP) is 1.50. The predicted molar refractivity (Wildman–Crippen MR) is 47.2 cm³/mol. The third kappa shape index (κ3) is 2.99. The molecule has 0 saturated heterocycles. The molecule has 70 valence electrons. The molecular formula is C8H9ClN2O2. The standard InChI is InChI=1S/C8H9ClN2O2/c1-5-10-3-7(8(9)11-5)4-13-6(2)12/h3H,4H2,1-2H3. The maximum Gasteiger partial charge on any atom is 0.302 e. The number of aryl methyl sites for hydroxylation is 1. The molecule has 0 fully saturated rings. The SMILES string of the molecule is CC(=O)OCc1cnc(C)nc1Cl. The second-order valence-corrected chi connectivity index (χ2v) is 2.87. The summed E-state index contributed by atoms with van der Waals surface area (Å²) in [4.78, 5) is 18.3. The third-order valence-electron chi connectivity index (χ3n) is 1.36. The Bertz CT molecular complexity index is 328. The quantitative estimate of drug-likeness (QED) is 0.536. The first-order valence-electron chi connectivity index (χ1n) is 3.71. The lowest BCUT2D eigenvalue weighted by atomic mass is 10.3. The van der Waals surface area contributed by atoms with E-state index in [1.807, 2.05) is 0 Å². The second kappa shape index (κ2) is 4.18. The lowest BCUT2D eigenvalue weighted by Crippen LogP contribution is -2.01. The first kappa shape index (κ1) is 9.92. The molecule has 0 unspecified atom stereocenters. The highest BCUT2D eigenvalue weighted by atomic mass is 35.5. The zero-order chi connectivity index (χ0) is 9.84. The minimum absolute atomic E-state index is 0.119. The summed E-state index contributed by atoms with van der Waals surface area (Å²) in [5.74, 6) is 0.244. The van der Waals surface area contributed by atoms with Crippen LogP contribution >= 0.6 is 11.6 Å². The van der Waals surface area contributed by atoms with Gasteiger partial charge in [-0.05, 0) is 6.92 Å². The molecule has 0 aromatic carbocycles. The molecule has 1 rings (SSSR count). The third-order valence-corrected chi connectivity index (χ3v) is 1.69. The van der Waals surface area contributed by atoms with Gasteiger partial charge < -0.3 is 4.74 Å². The van der Waals surface area contributed by atoms with Crippen LogP contribution in [0.2, 0.25) is 5.15 Å². The Morgan fingerprint density at radius 1 is 1.69 bits per heavy atom. The fraction of sp³-hybridized carbons (Fsp3) is 0.375. The van der Waals surface area contributed by atoms with Gasteiger partial charge in [0.2, 0.25) is 0 Å². The summed E-state index contributed by atoms with van der Waals surface area (Å²) in [6, 6.07) is 0. The topological polar surface area (TPSA) is 52.1 Å². The molecule has 1 aromatic heterocycles. The van der Waals surface area contributed by atoms with Crippen molar-refractivity contribution in [1.82, 2.24) is 9.97 Å². The van der Waals surface area contributed by atoms with Crippen LogP contribution in [0, 0.1) is 6.92 Å². The molecule has 4 nitrogen and oxygen atoms in total. The summed E-state index contributed by atoms with van der Waals surface area (Å²) in [6.07, 6.45) is 1.55. The molecule has 0 aliphatic rings. The molecule has 1 aromatic rings. The normalized spacial score (nSPS) is 9.77. The van der Waals surface area contributed by atoms with E-state index in [2.05, 4.69) is 9.97 Å². The second-order valence-electron chi connectivity index (χ2n) is 2.51. The summed E-state index contributed by atoms with van der Waals surface area (Å²) >= 11 is 5.77. The maximum atomic E-state index is 10.5. The van der Waals surface area contributed by atoms with Gasteiger partial charge in [-0.1, -0.05) is 11.6 Å². The van der Waals surface area contributed by atoms with Crippen LogP contribution in [0.1, 0.15) is 18.3 Å². The number of rotatable bonds is 2. The highest BCUT2D eigenvalue weighted by Crippen LogP contribution is 2.12. The van der Waals surface area contributed by atoms with E-state index < -0.39 is 0 Å². The maximum absolute atomic E-state index is 10.5. The molecule has 1 heterocycles. The molecule has 0 amide bonds. The van der Waals surface area contributed by atoms with Crippen molar-refractivity contribution >= 4 is 17.6 Å². The van der Waals surface area contributed by atoms with Gasteiger partial charge in [0.15, 0.2) is 0 Å². The van der Waals surface area contributed by atoms with E-state index in [1.54, 1.807) is 13.1 Å². The van der Waals surface area contributed by atoms with Gasteiger partial charge in [-0.15, -0.1) is 0 Å². The van der Waals surface area contributed by atoms with Crippen molar-refractivity contribution in [3.05, 3.63) is 22.7 Å². The van der Waals surface area contributed by atoms with E-state index in [0.29, 0.717) is 16.5 Å². The monoisotopic (exact) mass is 200 g/mol. The highest BCUT2D eigenvalue weighted by molar-refractivity contribution is 6.30. The van der Waals surface area contributed by atoms with Gasteiger partial charge in [0.05, 0.1) is 0 Å². The molecule has 0 atom stereocenters. The summed E-state index contributed by atoms with van der Waals surface area (Å²) in [6.45, 7) is 3.19. The first-order chi connectivity index (χ1) is 6.09. The van der Waals surface area contributed by atoms with Crippen molar-refractivity contribution in [2.24, 2.45) is 0 Å². The van der Waals surface area contributed by atoms with Crippen LogP contribution in [0.3, 0.4) is 0 Å². The summed E-state index contributed by atoms with van der Waals surface area (Å²) in [7, 11) is 0. The number of aromatic nitrogens is 2. The van der Waals surface area contributed by atoms with Crippen LogP contribution < -0.4 is 0 Å². The van der Waals surface area contributed by atoms with Crippen molar-refractivity contribution in [1.29, 1.82) is 0 Å². The van der Waals surface area contributed by atoms with Crippen LogP contribution in [0.4, 0.5) is 0 Å². The van der Waals surface area contributed by atoms with E-state index in [4.69, 9.17) is 16.3 Å². The van der Waals surface area contributed by atoms with Crippen molar-refractivity contribution < 1.29 is 9.53 Å². The van der Waals surface area contributed by atoms with E-state index in [1.165, 1.54) is 6.92 Å². The molecule has 0 aliphatic carbocycles. The number of carbonyl (C=O) groups excluding carboxylic acids is 1. The minimum Gasteiger partial charge on any atom is -0.461 e. The molecule has 0 aliphatic heterocycles. The van der Waals surface area contributed by atoms with Gasteiger partial charge in [-0.25, -0.2) is 9.97 Å². The fourth-order valence-corrected chi connectivity index (χ4v) is 0.969. The first-order valence-corrected chi connectivity index (χ1v) is 4.09. The smallest absolute Gasteiger partial charge is 0.302 e. The lowest BCUT2D eigenvalue weighted by Gasteiger charge is -2.03. The van der Waals surface area contributed by atoms with Gasteiger partial charge in [0.1, 0.15) is 17.6 Å². The average Bonchev–Trinajstić information content (AvgIpc) is 2.02. The van der Waals surface area contributed by atoms with E-state index in [0.717, 1.165) is 0 Å². The van der Waals surface area contributed by atoms with Crippen LogP contribution in [0.15, 0.2) is 6.20 Å². The van der Waals surface area contributed by atoms with Gasteiger partial charge >= 0.3 is 5.97 Å². The number of hydrogen-bond acceptors (Lipinski definition) is 4. The van der Waals surface area contributed by atoms with Gasteiger partial charge in [-0.2, -0.15) is 0 Å². The molecule has 0 bridgehead atoms. The van der Waals surface area contributed by atoms with Crippen molar-refractivity contribution in [2.45, 2.75) is 20.5 Å². The summed E-state index contributed by atoms with van der Waals surface area (Å²) in [5, 5.41) is 0.328. The number of ether oxygens (including phenoxy) is 1. The van der Waals surface area contributed by atoms with E-state index in [9.17, 15) is 4.79 Å². The molecule has 5 heteroatoms. The van der Waals surface area contributed by atoms with Gasteiger partial charge in [0, 0.05) is 18.7 Å². The van der Waals surface area contributed by atoms with Crippen LogP contribution in [0.5, 0.6) is 0 Å². The Morgan fingerprint density at radius 2 is 2.38 bits per heavy atom. The number of hydrogen-bond donors (Lipinski definition) is 0. The molecular weight excluding hydrogens is 192 g/mol. The lowest BCUT2D eigenvalue weighted by molar-refractivity contribution is -0.142. The van der Waals surface area contributed by atoms with Crippen molar-refractivity contribution in [2.75, 3.05) is 0 Å². The van der Waals surface area contributed by atoms with E-state index >= 15 is 0 Å². The molecule has 0 saturated carbocycles. The molecule has 0 N–H and O–H groups in total. The van der Waals surface area contributed by atoms with Crippen molar-refractivity contribution in [3.63, 3.8) is 0 Å². The zero-order valence-electron chi connectivity index (χ0n) is 7.37. The van der Waals surface area contributed by atoms with Gasteiger partial charge in [-0.3, -0.25) is 4.79 Å². The number of nitrogens with zero attached hydrogens (tertiary/aromatic N) is 2. The summed E-state index contributed by atoms with van der Waals surface area (Å²) < 4.78 is 4.75. The van der Waals surface area contributed by atoms with Crippen LogP contribution in [0.25, 0.3) is 0 Å². The molecule has 0 radical (unpaired) electrons. The van der Waals surface area contributed by atoms with Crippen molar-refractivity contribution in [3.8, 4) is 0 Å². The fourth-order valence-electron chi connectivity index (χ4n) is 0.744. The van der Waals surface area contributed by atoms with Crippen LogP contribution in [-0.4, -0.2) is 15.9 Å². The number of halogens is 1. The Kier molecular flexibility index (Phi) is 3.19. The number of esters is 1. The Labute approximate surface area is 80.9 Å².